The van der Waals surface area contributed by atoms with Crippen LogP contribution in [0.3, 0.4) is 0 Å². The third-order valence-corrected chi connectivity index (χ3v) is 4.31. The van der Waals surface area contributed by atoms with E-state index in [9.17, 15) is 4.79 Å². The van der Waals surface area contributed by atoms with Crippen molar-refractivity contribution in [3.05, 3.63) is 70.4 Å². The van der Waals surface area contributed by atoms with Crippen molar-refractivity contribution in [3.63, 3.8) is 0 Å². The number of carbonyl (C=O) groups excluding carboxylic acids is 1. The number of nitrogens with zero attached hydrogens (tertiary/aromatic N) is 1. The third-order valence-electron chi connectivity index (χ3n) is 4.31. The SMILES string of the molecule is CCOC(=O)CCC1=NC=C2CC=CC3=C4OCC=CC4=CC3=C2O1. The maximum absolute atomic E-state index is 11.6. The van der Waals surface area contributed by atoms with E-state index in [-0.39, 0.29) is 12.4 Å². The molecule has 4 aliphatic rings. The summed E-state index contributed by atoms with van der Waals surface area (Å²) in [6.07, 6.45) is 13.6. The lowest BCUT2D eigenvalue weighted by Gasteiger charge is -2.19. The molecule has 0 amide bonds. The maximum atomic E-state index is 11.6. The summed E-state index contributed by atoms with van der Waals surface area (Å²) >= 11 is 0. The van der Waals surface area contributed by atoms with Crippen molar-refractivity contribution in [2.75, 3.05) is 13.2 Å². The van der Waals surface area contributed by atoms with Crippen molar-refractivity contribution in [1.29, 1.82) is 0 Å². The van der Waals surface area contributed by atoms with Crippen LogP contribution >= 0.6 is 0 Å². The van der Waals surface area contributed by atoms with Crippen molar-refractivity contribution >= 4 is 11.9 Å². The summed E-state index contributed by atoms with van der Waals surface area (Å²) in [6, 6.07) is 0. The van der Waals surface area contributed by atoms with Crippen LogP contribution in [-0.2, 0) is 19.0 Å². The van der Waals surface area contributed by atoms with Crippen LogP contribution < -0.4 is 0 Å². The van der Waals surface area contributed by atoms with Crippen molar-refractivity contribution in [3.8, 4) is 0 Å². The van der Waals surface area contributed by atoms with Crippen LogP contribution in [0.25, 0.3) is 0 Å². The Morgan fingerprint density at radius 3 is 3.04 bits per heavy atom. The second kappa shape index (κ2) is 6.59. The van der Waals surface area contributed by atoms with Gasteiger partial charge in [0, 0.05) is 34.9 Å². The quantitative estimate of drug-likeness (QED) is 0.735. The fourth-order valence-electron chi connectivity index (χ4n) is 3.17. The first kappa shape index (κ1) is 15.7. The fraction of sp³-hybridized carbons (Fsp3) is 0.300. The normalized spacial score (nSPS) is 20.4. The summed E-state index contributed by atoms with van der Waals surface area (Å²) < 4.78 is 16.9. The Morgan fingerprint density at radius 1 is 1.24 bits per heavy atom. The first-order valence-electron chi connectivity index (χ1n) is 8.52. The van der Waals surface area contributed by atoms with Crippen molar-refractivity contribution in [2.24, 2.45) is 4.99 Å². The van der Waals surface area contributed by atoms with E-state index in [1.807, 2.05) is 12.3 Å². The highest BCUT2D eigenvalue weighted by Crippen LogP contribution is 2.41. The standard InChI is InChI=1S/C20H19NO4/c1-2-23-18(22)9-8-17-21-12-14-5-3-7-15-16(20(14)25-17)11-13-6-4-10-24-19(13)15/h3-4,6-7,11-12H,2,5,8-10H2,1H3. The van der Waals surface area contributed by atoms with Crippen LogP contribution in [0.5, 0.6) is 0 Å². The third kappa shape index (κ3) is 2.97. The molecule has 0 spiro atoms. The highest BCUT2D eigenvalue weighted by atomic mass is 16.5. The minimum Gasteiger partial charge on any atom is -0.488 e. The number of aliphatic imine (C=N–C) groups is 1. The van der Waals surface area contributed by atoms with Crippen LogP contribution in [0, 0.1) is 0 Å². The Bertz CT molecular complexity index is 834. The van der Waals surface area contributed by atoms with Gasteiger partial charge < -0.3 is 14.2 Å². The molecule has 5 heteroatoms. The van der Waals surface area contributed by atoms with Crippen molar-refractivity contribution in [1.82, 2.24) is 0 Å². The molecular weight excluding hydrogens is 318 g/mol. The molecule has 5 nitrogen and oxygen atoms in total. The molecule has 0 bridgehead atoms. The highest BCUT2D eigenvalue weighted by molar-refractivity contribution is 5.84. The van der Waals surface area contributed by atoms with E-state index in [2.05, 4.69) is 29.3 Å². The Labute approximate surface area is 146 Å². The van der Waals surface area contributed by atoms with E-state index in [0.717, 1.165) is 40.2 Å². The van der Waals surface area contributed by atoms with Crippen LogP contribution in [0.15, 0.2) is 75.4 Å². The van der Waals surface area contributed by atoms with E-state index in [1.165, 1.54) is 0 Å². The first-order chi connectivity index (χ1) is 12.3. The van der Waals surface area contributed by atoms with Gasteiger partial charge in [-0.25, -0.2) is 4.99 Å². The van der Waals surface area contributed by atoms with E-state index < -0.39 is 0 Å². The number of allylic oxidation sites excluding steroid dienone is 7. The Morgan fingerprint density at radius 2 is 2.16 bits per heavy atom. The lowest BCUT2D eigenvalue weighted by molar-refractivity contribution is -0.142. The van der Waals surface area contributed by atoms with Gasteiger partial charge in [0.1, 0.15) is 18.1 Å². The van der Waals surface area contributed by atoms with Crippen LogP contribution in [0.2, 0.25) is 0 Å². The average molecular weight is 337 g/mol. The zero-order valence-corrected chi connectivity index (χ0v) is 14.1. The lowest BCUT2D eigenvalue weighted by Crippen LogP contribution is -2.14. The van der Waals surface area contributed by atoms with Gasteiger partial charge in [0.05, 0.1) is 13.0 Å². The second-order valence-corrected chi connectivity index (χ2v) is 5.99. The second-order valence-electron chi connectivity index (χ2n) is 5.99. The predicted octanol–water partition coefficient (Wildman–Crippen LogP) is 3.64. The van der Waals surface area contributed by atoms with E-state index >= 15 is 0 Å². The molecule has 0 aromatic heterocycles. The molecule has 0 saturated heterocycles. The van der Waals surface area contributed by atoms with E-state index in [0.29, 0.717) is 25.5 Å². The molecule has 0 saturated carbocycles. The number of esters is 1. The number of hydrogen-bond donors (Lipinski definition) is 0. The van der Waals surface area contributed by atoms with Crippen LogP contribution in [0.4, 0.5) is 0 Å². The Balaban J connectivity index is 1.62. The minimum absolute atomic E-state index is 0.237. The number of fused-ring (bicyclic) bond motifs is 3. The Kier molecular flexibility index (Phi) is 4.14. The average Bonchev–Trinajstić information content (AvgIpc) is 2.90. The number of rotatable bonds is 4. The molecule has 2 aliphatic heterocycles. The molecule has 0 unspecified atom stereocenters. The molecule has 0 aromatic carbocycles. The molecule has 2 heterocycles. The number of hydrogen-bond acceptors (Lipinski definition) is 5. The van der Waals surface area contributed by atoms with Crippen molar-refractivity contribution in [2.45, 2.75) is 26.2 Å². The van der Waals surface area contributed by atoms with Gasteiger partial charge in [0.15, 0.2) is 5.90 Å². The number of ether oxygens (including phenoxy) is 3. The lowest BCUT2D eigenvalue weighted by atomic mass is 10.1. The van der Waals surface area contributed by atoms with Gasteiger partial charge >= 0.3 is 5.97 Å². The molecule has 0 fully saturated rings. The van der Waals surface area contributed by atoms with Gasteiger partial charge in [0.2, 0.25) is 0 Å². The summed E-state index contributed by atoms with van der Waals surface area (Å²) in [4.78, 5) is 15.9. The first-order valence-corrected chi connectivity index (χ1v) is 8.52. The summed E-state index contributed by atoms with van der Waals surface area (Å²) in [5, 5.41) is 0. The molecule has 0 radical (unpaired) electrons. The molecule has 128 valence electrons. The number of carbonyl (C=O) groups is 1. The summed E-state index contributed by atoms with van der Waals surface area (Å²) in [5.74, 6) is 2.01. The van der Waals surface area contributed by atoms with Gasteiger partial charge in [-0.05, 0) is 25.5 Å². The summed E-state index contributed by atoms with van der Waals surface area (Å²) in [5.41, 5.74) is 4.15. The zero-order valence-electron chi connectivity index (χ0n) is 14.1. The smallest absolute Gasteiger partial charge is 0.306 e. The monoisotopic (exact) mass is 337 g/mol. The van der Waals surface area contributed by atoms with E-state index in [1.54, 1.807) is 6.92 Å². The minimum atomic E-state index is -0.237. The zero-order chi connectivity index (χ0) is 17.2. The predicted molar refractivity (Wildman–Crippen MR) is 93.5 cm³/mol. The fourth-order valence-corrected chi connectivity index (χ4v) is 3.17. The summed E-state index contributed by atoms with van der Waals surface area (Å²) in [6.45, 7) is 2.77. The molecular formula is C20H19NO4. The van der Waals surface area contributed by atoms with Gasteiger partial charge in [0.25, 0.3) is 0 Å². The van der Waals surface area contributed by atoms with Gasteiger partial charge in [-0.15, -0.1) is 0 Å². The van der Waals surface area contributed by atoms with Crippen molar-refractivity contribution < 1.29 is 19.0 Å². The Hall–Kier alpha value is -2.82. The van der Waals surface area contributed by atoms with Crippen LogP contribution in [0.1, 0.15) is 26.2 Å². The maximum Gasteiger partial charge on any atom is 0.306 e. The molecule has 0 aromatic rings. The highest BCUT2D eigenvalue weighted by Gasteiger charge is 2.30. The topological polar surface area (TPSA) is 57.1 Å². The summed E-state index contributed by atoms with van der Waals surface area (Å²) in [7, 11) is 0. The molecule has 25 heavy (non-hydrogen) atoms. The van der Waals surface area contributed by atoms with Gasteiger partial charge in [-0.3, -0.25) is 4.79 Å². The molecule has 4 rings (SSSR count). The van der Waals surface area contributed by atoms with Crippen LogP contribution in [-0.4, -0.2) is 25.1 Å². The molecule has 2 aliphatic carbocycles. The molecule has 0 N–H and O–H groups in total. The molecule has 0 atom stereocenters. The van der Waals surface area contributed by atoms with Gasteiger partial charge in [-0.1, -0.05) is 18.2 Å². The van der Waals surface area contributed by atoms with Gasteiger partial charge in [-0.2, -0.15) is 0 Å². The van der Waals surface area contributed by atoms with E-state index in [4.69, 9.17) is 14.2 Å². The largest absolute Gasteiger partial charge is 0.488 e.